The number of sulfone groups is 1. The molecule has 0 unspecified atom stereocenters. The molecule has 1 fully saturated rings. The van der Waals surface area contributed by atoms with Crippen LogP contribution in [0.4, 0.5) is 0 Å². The summed E-state index contributed by atoms with van der Waals surface area (Å²) in [5.74, 6) is -0.103. The van der Waals surface area contributed by atoms with Gasteiger partial charge in [-0.15, -0.1) is 0 Å². The van der Waals surface area contributed by atoms with Gasteiger partial charge in [0.25, 0.3) is 0 Å². The summed E-state index contributed by atoms with van der Waals surface area (Å²) in [4.78, 5) is 0.122. The van der Waals surface area contributed by atoms with Crippen LogP contribution in [0.5, 0.6) is 0 Å². The molecule has 0 aromatic heterocycles. The fourth-order valence-electron chi connectivity index (χ4n) is 2.14. The van der Waals surface area contributed by atoms with Crippen LogP contribution in [0.2, 0.25) is 0 Å². The molecule has 0 radical (unpaired) electrons. The molecular formula is C12H17NO5S2. The van der Waals surface area contributed by atoms with Crippen LogP contribution >= 0.6 is 0 Å². The molecule has 1 aromatic carbocycles. The predicted octanol–water partition coefficient (Wildman–Crippen LogP) is 0.298. The second-order valence-electron chi connectivity index (χ2n) is 4.80. The minimum atomic E-state index is -3.70. The maximum atomic E-state index is 12.2. The van der Waals surface area contributed by atoms with Gasteiger partial charge in [0.15, 0.2) is 9.84 Å². The second kappa shape index (κ2) is 5.80. The molecule has 0 amide bonds. The van der Waals surface area contributed by atoms with E-state index in [1.165, 1.54) is 19.2 Å². The van der Waals surface area contributed by atoms with Crippen molar-refractivity contribution in [2.75, 3.05) is 18.6 Å². The van der Waals surface area contributed by atoms with Crippen LogP contribution in [0.25, 0.3) is 0 Å². The Morgan fingerprint density at radius 1 is 1.40 bits per heavy atom. The summed E-state index contributed by atoms with van der Waals surface area (Å²) < 4.78 is 54.5. The maximum Gasteiger partial charge on any atom is 0.240 e. The smallest absolute Gasteiger partial charge is 0.240 e. The van der Waals surface area contributed by atoms with Gasteiger partial charge in [-0.25, -0.2) is 21.6 Å². The molecule has 2 rings (SSSR count). The van der Waals surface area contributed by atoms with Gasteiger partial charge in [-0.3, -0.25) is 0 Å². The molecule has 1 N–H and O–H groups in total. The van der Waals surface area contributed by atoms with E-state index >= 15 is 0 Å². The van der Waals surface area contributed by atoms with Crippen molar-refractivity contribution < 1.29 is 21.6 Å². The lowest BCUT2D eigenvalue weighted by molar-refractivity contribution is 0.184. The van der Waals surface area contributed by atoms with Gasteiger partial charge >= 0.3 is 0 Å². The standard InChI is InChI=1S/C12H17NO5S2/c1-18-8-10-3-2-4-12(7-10)20(16,17)13-11-5-6-19(14,15)9-11/h2-4,7,11,13H,5-6,8-9H2,1H3/t11-/m1/s1. The molecule has 0 aliphatic carbocycles. The summed E-state index contributed by atoms with van der Waals surface area (Å²) >= 11 is 0. The first-order chi connectivity index (χ1) is 9.32. The molecule has 1 aliphatic heterocycles. The third-order valence-corrected chi connectivity index (χ3v) is 6.36. The van der Waals surface area contributed by atoms with Gasteiger partial charge in [0.2, 0.25) is 10.0 Å². The molecule has 112 valence electrons. The quantitative estimate of drug-likeness (QED) is 0.843. The number of methoxy groups -OCH3 is 1. The van der Waals surface area contributed by atoms with Crippen molar-refractivity contribution in [3.8, 4) is 0 Å². The lowest BCUT2D eigenvalue weighted by Crippen LogP contribution is -2.35. The van der Waals surface area contributed by atoms with Crippen LogP contribution in [0, 0.1) is 0 Å². The maximum absolute atomic E-state index is 12.2. The Bertz CT molecular complexity index is 682. The van der Waals surface area contributed by atoms with Gasteiger partial charge in [0.1, 0.15) is 0 Å². The zero-order valence-electron chi connectivity index (χ0n) is 11.1. The molecule has 0 saturated carbocycles. The fourth-order valence-corrected chi connectivity index (χ4v) is 5.26. The van der Waals surface area contributed by atoms with Crippen LogP contribution in [-0.4, -0.2) is 41.5 Å². The monoisotopic (exact) mass is 319 g/mol. The van der Waals surface area contributed by atoms with Crippen molar-refractivity contribution in [3.05, 3.63) is 29.8 Å². The normalized spacial score (nSPS) is 21.9. The third kappa shape index (κ3) is 3.78. The predicted molar refractivity (Wildman–Crippen MR) is 74.5 cm³/mol. The number of nitrogens with one attached hydrogen (secondary N) is 1. The molecule has 0 spiro atoms. The minimum Gasteiger partial charge on any atom is -0.380 e. The third-order valence-electron chi connectivity index (χ3n) is 3.07. The highest BCUT2D eigenvalue weighted by atomic mass is 32.2. The van der Waals surface area contributed by atoms with E-state index in [9.17, 15) is 16.8 Å². The molecule has 20 heavy (non-hydrogen) atoms. The summed E-state index contributed by atoms with van der Waals surface area (Å²) in [5, 5.41) is 0. The molecule has 1 heterocycles. The van der Waals surface area contributed by atoms with Crippen LogP contribution in [0.3, 0.4) is 0 Å². The van der Waals surface area contributed by atoms with Gasteiger partial charge < -0.3 is 4.74 Å². The molecule has 6 nitrogen and oxygen atoms in total. The molecule has 1 aliphatic rings. The van der Waals surface area contributed by atoms with Crippen molar-refractivity contribution in [1.82, 2.24) is 4.72 Å². The topological polar surface area (TPSA) is 89.5 Å². The Kier molecular flexibility index (Phi) is 4.48. The van der Waals surface area contributed by atoms with Gasteiger partial charge in [-0.05, 0) is 24.1 Å². The Hall–Kier alpha value is -0.960. The SMILES string of the molecule is COCc1cccc(S(=O)(=O)N[C@@H]2CCS(=O)(=O)C2)c1. The summed E-state index contributed by atoms with van der Waals surface area (Å²) in [5.41, 5.74) is 0.745. The van der Waals surface area contributed by atoms with Crippen molar-refractivity contribution in [2.45, 2.75) is 24.0 Å². The fraction of sp³-hybridized carbons (Fsp3) is 0.500. The summed E-state index contributed by atoms with van der Waals surface area (Å²) in [6, 6.07) is 5.85. The summed E-state index contributed by atoms with van der Waals surface area (Å²) in [7, 11) is -5.29. The van der Waals surface area contributed by atoms with E-state index in [0.717, 1.165) is 5.56 Å². The number of benzene rings is 1. The second-order valence-corrected chi connectivity index (χ2v) is 8.74. The number of rotatable bonds is 5. The van der Waals surface area contributed by atoms with Crippen molar-refractivity contribution in [1.29, 1.82) is 0 Å². The number of hydrogen-bond acceptors (Lipinski definition) is 5. The van der Waals surface area contributed by atoms with Crippen LogP contribution in [0.15, 0.2) is 29.2 Å². The Balaban J connectivity index is 2.16. The molecule has 8 heteroatoms. The van der Waals surface area contributed by atoms with E-state index < -0.39 is 25.9 Å². The highest BCUT2D eigenvalue weighted by Crippen LogP contribution is 2.17. The summed E-state index contributed by atoms with van der Waals surface area (Å²) in [6.07, 6.45) is 0.319. The zero-order chi connectivity index (χ0) is 14.8. The Morgan fingerprint density at radius 3 is 2.75 bits per heavy atom. The van der Waals surface area contributed by atoms with Gasteiger partial charge in [0.05, 0.1) is 23.0 Å². The van der Waals surface area contributed by atoms with Crippen LogP contribution < -0.4 is 4.72 Å². The van der Waals surface area contributed by atoms with E-state index in [2.05, 4.69) is 4.72 Å². The molecule has 1 saturated heterocycles. The van der Waals surface area contributed by atoms with Crippen molar-refractivity contribution in [2.24, 2.45) is 0 Å². The minimum absolute atomic E-state index is 0.0316. The Labute approximate surface area is 119 Å². The number of hydrogen-bond donors (Lipinski definition) is 1. The van der Waals surface area contributed by atoms with Gasteiger partial charge in [-0.2, -0.15) is 0 Å². The molecular weight excluding hydrogens is 302 g/mol. The molecule has 1 atom stereocenters. The van der Waals surface area contributed by atoms with E-state index in [4.69, 9.17) is 4.74 Å². The van der Waals surface area contributed by atoms with Crippen LogP contribution in [-0.2, 0) is 31.2 Å². The van der Waals surface area contributed by atoms with E-state index in [-0.39, 0.29) is 16.4 Å². The first kappa shape index (κ1) is 15.4. The van der Waals surface area contributed by atoms with E-state index in [1.807, 2.05) is 0 Å². The lowest BCUT2D eigenvalue weighted by atomic mass is 10.2. The van der Waals surface area contributed by atoms with E-state index in [0.29, 0.717) is 13.0 Å². The number of sulfonamides is 1. The zero-order valence-corrected chi connectivity index (χ0v) is 12.7. The van der Waals surface area contributed by atoms with E-state index in [1.54, 1.807) is 12.1 Å². The highest BCUT2D eigenvalue weighted by molar-refractivity contribution is 7.92. The first-order valence-electron chi connectivity index (χ1n) is 6.13. The molecule has 1 aromatic rings. The Morgan fingerprint density at radius 2 is 2.15 bits per heavy atom. The number of ether oxygens (including phenoxy) is 1. The molecule has 0 bridgehead atoms. The lowest BCUT2D eigenvalue weighted by Gasteiger charge is -2.12. The van der Waals surface area contributed by atoms with Crippen LogP contribution in [0.1, 0.15) is 12.0 Å². The van der Waals surface area contributed by atoms with Gasteiger partial charge in [-0.1, -0.05) is 12.1 Å². The van der Waals surface area contributed by atoms with Gasteiger partial charge in [0, 0.05) is 13.2 Å². The summed E-state index contributed by atoms with van der Waals surface area (Å²) in [6.45, 7) is 0.321. The first-order valence-corrected chi connectivity index (χ1v) is 9.43. The average Bonchev–Trinajstić information content (AvgIpc) is 2.69. The average molecular weight is 319 g/mol. The van der Waals surface area contributed by atoms with Crippen molar-refractivity contribution in [3.63, 3.8) is 0 Å². The largest absolute Gasteiger partial charge is 0.380 e. The van der Waals surface area contributed by atoms with Crippen molar-refractivity contribution >= 4 is 19.9 Å². The highest BCUT2D eigenvalue weighted by Gasteiger charge is 2.31.